The molecule has 2 aliphatic heterocycles. The third-order valence-electron chi connectivity index (χ3n) is 6.67. The number of nitrogens with zero attached hydrogens (tertiary/aromatic N) is 8. The molecule has 6 rings (SSSR count). The van der Waals surface area contributed by atoms with Crippen molar-refractivity contribution in [2.45, 2.75) is 38.7 Å². The van der Waals surface area contributed by atoms with Gasteiger partial charge in [-0.1, -0.05) is 0 Å². The lowest BCUT2D eigenvalue weighted by Gasteiger charge is -2.30. The van der Waals surface area contributed by atoms with E-state index < -0.39 is 12.0 Å². The number of aryl methyl sites for hydroxylation is 1. The van der Waals surface area contributed by atoms with Crippen LogP contribution in [0.2, 0.25) is 0 Å². The summed E-state index contributed by atoms with van der Waals surface area (Å²) >= 11 is 1.53. The topological polar surface area (TPSA) is 96.2 Å². The lowest BCUT2D eigenvalue weighted by Crippen LogP contribution is -2.36. The zero-order valence-electron chi connectivity index (χ0n) is 19.8. The van der Waals surface area contributed by atoms with Gasteiger partial charge in [0.05, 0.1) is 24.7 Å². The molecule has 1 fully saturated rings. The summed E-state index contributed by atoms with van der Waals surface area (Å²) in [7, 11) is 0. The van der Waals surface area contributed by atoms with Crippen LogP contribution in [0.3, 0.4) is 0 Å². The van der Waals surface area contributed by atoms with Gasteiger partial charge in [0.15, 0.2) is 11.9 Å². The van der Waals surface area contributed by atoms with E-state index in [9.17, 15) is 18.0 Å². The number of thiophene rings is 1. The summed E-state index contributed by atoms with van der Waals surface area (Å²) in [6.45, 7) is 7.61. The Morgan fingerprint density at radius 1 is 1.22 bits per heavy atom. The predicted octanol–water partition coefficient (Wildman–Crippen LogP) is 3.36. The average molecular weight is 532 g/mol. The molecule has 0 spiro atoms. The van der Waals surface area contributed by atoms with Crippen molar-refractivity contribution in [2.75, 3.05) is 29.4 Å². The zero-order chi connectivity index (χ0) is 25.9. The molecule has 10 nitrogen and oxygen atoms in total. The highest BCUT2D eigenvalue weighted by Gasteiger charge is 2.40. The van der Waals surface area contributed by atoms with Crippen molar-refractivity contribution in [2.24, 2.45) is 0 Å². The Morgan fingerprint density at radius 3 is 2.81 bits per heavy atom. The summed E-state index contributed by atoms with van der Waals surface area (Å²) in [5.74, 6) is 0.353. The molecular weight excluding hydrogens is 509 g/mol. The Hall–Kier alpha value is -3.81. The molecule has 0 bridgehead atoms. The summed E-state index contributed by atoms with van der Waals surface area (Å²) in [6, 6.07) is 5.10. The molecule has 1 amide bonds. The summed E-state index contributed by atoms with van der Waals surface area (Å²) in [5, 5.41) is 8.02. The van der Waals surface area contributed by atoms with E-state index >= 15 is 0 Å². The highest BCUT2D eigenvalue weighted by atomic mass is 32.1. The van der Waals surface area contributed by atoms with Gasteiger partial charge in [-0.05, 0) is 25.1 Å². The van der Waals surface area contributed by atoms with Crippen molar-refractivity contribution in [3.8, 4) is 0 Å². The van der Waals surface area contributed by atoms with Crippen molar-refractivity contribution in [1.82, 2.24) is 24.7 Å². The number of hydrogen-bond donors (Lipinski definition) is 0. The number of amides is 1. The Balaban J connectivity index is 1.28. The van der Waals surface area contributed by atoms with Gasteiger partial charge in [0.25, 0.3) is 0 Å². The number of rotatable bonds is 4. The summed E-state index contributed by atoms with van der Waals surface area (Å²) in [6.07, 6.45) is -2.42. The summed E-state index contributed by atoms with van der Waals surface area (Å²) in [4.78, 5) is 28.1. The highest BCUT2D eigenvalue weighted by molar-refractivity contribution is 7.18. The van der Waals surface area contributed by atoms with Crippen LogP contribution in [0.4, 0.5) is 24.9 Å². The lowest BCUT2D eigenvalue weighted by atomic mass is 10.2. The third-order valence-corrected chi connectivity index (χ3v) is 7.61. The number of alkyl halides is 3. The Kier molecular flexibility index (Phi) is 5.51. The molecule has 6 heterocycles. The van der Waals surface area contributed by atoms with E-state index in [2.05, 4.69) is 16.9 Å². The smallest absolute Gasteiger partial charge is 0.454 e. The Bertz CT molecular complexity index is 1510. The largest absolute Gasteiger partial charge is 0.455 e. The maximum Gasteiger partial charge on any atom is 0.454 e. The molecule has 1 atom stereocenters. The Morgan fingerprint density at radius 2 is 2.05 bits per heavy atom. The van der Waals surface area contributed by atoms with Gasteiger partial charge in [0.1, 0.15) is 17.4 Å². The van der Waals surface area contributed by atoms with E-state index in [1.54, 1.807) is 12.1 Å². The van der Waals surface area contributed by atoms with E-state index in [4.69, 9.17) is 14.4 Å². The van der Waals surface area contributed by atoms with Crippen molar-refractivity contribution < 1.29 is 27.0 Å². The van der Waals surface area contributed by atoms with Crippen LogP contribution in [0, 0.1) is 6.92 Å². The van der Waals surface area contributed by atoms with Crippen molar-refractivity contribution in [3.63, 3.8) is 0 Å². The first-order valence-electron chi connectivity index (χ1n) is 11.6. The maximum atomic E-state index is 13.3. The van der Waals surface area contributed by atoms with Crippen LogP contribution in [-0.4, -0.2) is 67.6 Å². The lowest BCUT2D eigenvalue weighted by molar-refractivity contribution is -0.458. The third kappa shape index (κ3) is 4.14. The molecule has 0 N–H and O–H groups in total. The second kappa shape index (κ2) is 8.64. The first kappa shape index (κ1) is 23.6. The van der Waals surface area contributed by atoms with Gasteiger partial charge in [-0.3, -0.25) is 0 Å². The number of furan rings is 1. The quantitative estimate of drug-likeness (QED) is 0.292. The number of hydrogen-bond acceptors (Lipinski definition) is 9. The van der Waals surface area contributed by atoms with Crippen molar-refractivity contribution in [3.05, 3.63) is 46.7 Å². The van der Waals surface area contributed by atoms with Crippen molar-refractivity contribution >= 4 is 45.9 Å². The minimum absolute atomic E-state index is 0.0955. The molecule has 1 unspecified atom stereocenters. The molecule has 2 aliphatic rings. The van der Waals surface area contributed by atoms with Crippen LogP contribution in [0.1, 0.15) is 33.5 Å². The maximum absolute atomic E-state index is 13.3. The summed E-state index contributed by atoms with van der Waals surface area (Å²) in [5.41, 5.74) is 0. The van der Waals surface area contributed by atoms with E-state index in [0.717, 1.165) is 19.7 Å². The second-order valence-corrected chi connectivity index (χ2v) is 10.3. The number of carbonyl (C=O) groups is 1. The predicted molar refractivity (Wildman–Crippen MR) is 129 cm³/mol. The highest BCUT2D eigenvalue weighted by Crippen LogP contribution is 2.36. The molecule has 0 aliphatic carbocycles. The number of carbonyl (C=O) groups excluding carboxylic acids is 1. The normalized spacial score (nSPS) is 18.0. The van der Waals surface area contributed by atoms with Crippen LogP contribution < -0.4 is 9.80 Å². The summed E-state index contributed by atoms with van der Waals surface area (Å²) < 4.78 is 47.6. The molecular formula is C23H22F3N8O2S+. The zero-order valence-corrected chi connectivity index (χ0v) is 20.6. The molecule has 37 heavy (non-hydrogen) atoms. The van der Waals surface area contributed by atoms with Gasteiger partial charge in [-0.15, -0.1) is 21.5 Å². The van der Waals surface area contributed by atoms with Gasteiger partial charge in [0, 0.05) is 30.9 Å². The van der Waals surface area contributed by atoms with Gasteiger partial charge < -0.3 is 18.8 Å². The molecule has 0 saturated carbocycles. The SMILES string of the molecule is C=[N+](C(=O)c1ccco1)C1CCN(c2nc(N3CCn4c(nnc4C(F)(F)F)C3)c3cc(C)sc3n2)C1. The van der Waals surface area contributed by atoms with Crippen LogP contribution >= 0.6 is 11.3 Å². The number of halogens is 3. The van der Waals surface area contributed by atoms with Crippen molar-refractivity contribution in [1.29, 1.82) is 0 Å². The van der Waals surface area contributed by atoms with Crippen LogP contribution in [0.25, 0.3) is 10.2 Å². The molecule has 4 aromatic rings. The number of fused-ring (bicyclic) bond motifs is 2. The standard InChI is InChI=1S/C23H22F3N8O2S/c1-13-10-15-18(32-7-8-34-17(12-32)29-30-21(34)23(24,25)26)27-22(28-19(15)37-13)33-6-5-14(11-33)31(2)20(35)16-4-3-9-36-16/h3-4,9-10,14H,2,5-8,11-12H2,1H3/q+1. The number of aromatic nitrogens is 5. The number of anilines is 2. The molecule has 192 valence electrons. The van der Waals surface area contributed by atoms with E-state index in [1.165, 1.54) is 22.2 Å². The van der Waals surface area contributed by atoms with Gasteiger partial charge >= 0.3 is 12.1 Å². The fourth-order valence-electron chi connectivity index (χ4n) is 4.83. The first-order valence-corrected chi connectivity index (χ1v) is 12.5. The first-order chi connectivity index (χ1) is 17.7. The monoisotopic (exact) mass is 531 g/mol. The van der Waals surface area contributed by atoms with Gasteiger partial charge in [-0.2, -0.15) is 22.7 Å². The van der Waals surface area contributed by atoms with Gasteiger partial charge in [-0.25, -0.2) is 9.78 Å². The van der Waals surface area contributed by atoms with Crippen LogP contribution in [0.15, 0.2) is 28.9 Å². The fourth-order valence-corrected chi connectivity index (χ4v) is 5.70. The van der Waals surface area contributed by atoms with E-state index in [1.807, 2.05) is 22.8 Å². The molecule has 1 saturated heterocycles. The van der Waals surface area contributed by atoms with E-state index in [0.29, 0.717) is 37.8 Å². The van der Waals surface area contributed by atoms with Crippen LogP contribution in [-0.2, 0) is 19.3 Å². The molecule has 0 radical (unpaired) electrons. The minimum Gasteiger partial charge on any atom is -0.455 e. The average Bonchev–Trinajstić information content (AvgIpc) is 3.66. The molecule has 14 heteroatoms. The van der Waals surface area contributed by atoms with Gasteiger partial charge in [0.2, 0.25) is 17.5 Å². The molecule has 4 aromatic heterocycles. The minimum atomic E-state index is -4.56. The second-order valence-electron chi connectivity index (χ2n) is 9.07. The van der Waals surface area contributed by atoms with E-state index in [-0.39, 0.29) is 36.6 Å². The Labute approximate surface area is 212 Å². The van der Waals surface area contributed by atoms with Crippen LogP contribution in [0.5, 0.6) is 0 Å². The fraction of sp³-hybridized carbons (Fsp3) is 0.391. The molecule has 0 aromatic carbocycles.